The van der Waals surface area contributed by atoms with Gasteiger partial charge in [-0.25, -0.2) is 0 Å². The molecule has 130 valence electrons. The summed E-state index contributed by atoms with van der Waals surface area (Å²) in [6.07, 6.45) is 1.02. The van der Waals surface area contributed by atoms with Crippen molar-refractivity contribution in [3.8, 4) is 16.2 Å². The van der Waals surface area contributed by atoms with Crippen LogP contribution in [-0.4, -0.2) is 37.1 Å². The number of nitrogens with zero attached hydrogens (tertiary/aromatic N) is 2. The van der Waals surface area contributed by atoms with Crippen LogP contribution in [0.3, 0.4) is 0 Å². The fraction of sp³-hybridized carbons (Fsp3) is 0.211. The average molecular weight is 428 g/mol. The first-order valence-corrected chi connectivity index (χ1v) is 10.7. The fourth-order valence-electron chi connectivity index (χ4n) is 3.28. The van der Waals surface area contributed by atoms with Gasteiger partial charge in [0.2, 0.25) is 0 Å². The van der Waals surface area contributed by atoms with Crippen molar-refractivity contribution >= 4 is 31.8 Å². The summed E-state index contributed by atoms with van der Waals surface area (Å²) in [5, 5.41) is 24.6. The van der Waals surface area contributed by atoms with E-state index < -0.39 is 5.97 Å². The summed E-state index contributed by atoms with van der Waals surface area (Å²) in [7, 11) is 0. The molecular weight excluding hydrogens is 413 g/mol. The van der Waals surface area contributed by atoms with Crippen molar-refractivity contribution in [2.24, 2.45) is 0 Å². The van der Waals surface area contributed by atoms with Gasteiger partial charge in [-0.05, 0) is 0 Å². The Kier molecular flexibility index (Phi) is 4.51. The SMILES string of the molecule is Cc1nc(-c2ccc(C3NCCc4sccc43)c(C#N)c2)[se]c1C(=O)O. The molecule has 5 nitrogen and oxygen atoms in total. The summed E-state index contributed by atoms with van der Waals surface area (Å²) in [5.41, 5.74) is 4.22. The van der Waals surface area contributed by atoms with Crippen LogP contribution in [0, 0.1) is 18.3 Å². The molecule has 4 rings (SSSR count). The van der Waals surface area contributed by atoms with E-state index in [2.05, 4.69) is 27.8 Å². The van der Waals surface area contributed by atoms with Crippen LogP contribution in [0.15, 0.2) is 29.6 Å². The van der Waals surface area contributed by atoms with Crippen molar-refractivity contribution in [2.45, 2.75) is 19.4 Å². The maximum atomic E-state index is 11.3. The number of hydrogen-bond acceptors (Lipinski definition) is 5. The monoisotopic (exact) mass is 429 g/mol. The van der Waals surface area contributed by atoms with Crippen LogP contribution < -0.4 is 5.32 Å². The zero-order valence-electron chi connectivity index (χ0n) is 13.9. The Labute approximate surface area is 160 Å². The quantitative estimate of drug-likeness (QED) is 0.627. The van der Waals surface area contributed by atoms with Gasteiger partial charge in [-0.1, -0.05) is 0 Å². The fourth-order valence-corrected chi connectivity index (χ4v) is 6.10. The van der Waals surface area contributed by atoms with E-state index in [1.807, 2.05) is 18.2 Å². The molecule has 0 saturated carbocycles. The standard InChI is InChI=1S/C19H15N3O2SSe/c1-10-17(19(23)24)26-18(22-10)11-2-3-13(12(8-11)9-20)16-14-5-7-25-15(14)4-6-21-16/h2-3,5,7-8,16,21H,4,6H2,1H3,(H,23,24). The second kappa shape index (κ2) is 6.82. The first kappa shape index (κ1) is 17.2. The molecule has 1 aliphatic heterocycles. The van der Waals surface area contributed by atoms with Crippen molar-refractivity contribution in [2.75, 3.05) is 6.54 Å². The Morgan fingerprint density at radius 2 is 2.27 bits per heavy atom. The summed E-state index contributed by atoms with van der Waals surface area (Å²) in [4.78, 5) is 17.1. The molecule has 0 amide bonds. The van der Waals surface area contributed by atoms with Crippen molar-refractivity contribution in [3.05, 3.63) is 61.3 Å². The summed E-state index contributed by atoms with van der Waals surface area (Å²) in [5.74, 6) is -0.908. The number of aromatic carboxylic acids is 1. The van der Waals surface area contributed by atoms with Crippen LogP contribution in [0.2, 0.25) is 0 Å². The first-order valence-electron chi connectivity index (χ1n) is 8.13. The number of carboxylic acid groups (broad SMARTS) is 1. The third-order valence-corrected chi connectivity index (χ3v) is 8.02. The molecule has 1 aliphatic rings. The number of thiophene rings is 1. The molecule has 7 heteroatoms. The molecular formula is C19H15N3O2SSe. The number of aryl methyl sites for hydroxylation is 1. The molecule has 0 aliphatic carbocycles. The van der Waals surface area contributed by atoms with Gasteiger partial charge in [0.25, 0.3) is 0 Å². The van der Waals surface area contributed by atoms with Gasteiger partial charge >= 0.3 is 161 Å². The molecule has 1 aromatic carbocycles. The molecule has 0 radical (unpaired) electrons. The second-order valence-corrected chi connectivity index (χ2v) is 9.19. The molecule has 3 heterocycles. The number of nitriles is 1. The van der Waals surface area contributed by atoms with Crippen molar-refractivity contribution in [3.63, 3.8) is 0 Å². The second-order valence-electron chi connectivity index (χ2n) is 6.09. The molecule has 3 aromatic rings. The van der Waals surface area contributed by atoms with Crippen LogP contribution in [0.1, 0.15) is 42.5 Å². The van der Waals surface area contributed by atoms with Gasteiger partial charge in [-0.15, -0.1) is 0 Å². The van der Waals surface area contributed by atoms with E-state index >= 15 is 0 Å². The maximum absolute atomic E-state index is 11.3. The van der Waals surface area contributed by atoms with Gasteiger partial charge in [-0.2, -0.15) is 0 Å². The van der Waals surface area contributed by atoms with Gasteiger partial charge in [0, 0.05) is 0 Å². The number of benzene rings is 1. The number of rotatable bonds is 3. The van der Waals surface area contributed by atoms with Gasteiger partial charge in [-0.3, -0.25) is 0 Å². The van der Waals surface area contributed by atoms with E-state index in [9.17, 15) is 15.2 Å². The molecule has 26 heavy (non-hydrogen) atoms. The average Bonchev–Trinajstić information content (AvgIpc) is 3.27. The van der Waals surface area contributed by atoms with Crippen molar-refractivity contribution < 1.29 is 9.90 Å². The molecule has 0 fully saturated rings. The number of nitrogens with one attached hydrogen (secondary N) is 1. The summed E-state index contributed by atoms with van der Waals surface area (Å²) >= 11 is 1.42. The Morgan fingerprint density at radius 3 is 3.00 bits per heavy atom. The third kappa shape index (κ3) is 2.91. The van der Waals surface area contributed by atoms with Gasteiger partial charge in [0.1, 0.15) is 0 Å². The summed E-state index contributed by atoms with van der Waals surface area (Å²) in [6.45, 7) is 2.62. The van der Waals surface area contributed by atoms with E-state index in [0.717, 1.165) is 28.7 Å². The summed E-state index contributed by atoms with van der Waals surface area (Å²) < 4.78 is 1.15. The Bertz CT molecular complexity index is 1050. The number of fused-ring (bicyclic) bond motifs is 1. The Hall–Kier alpha value is -2.23. The number of aromatic nitrogens is 1. The number of hydrogen-bond donors (Lipinski definition) is 2. The molecule has 0 saturated heterocycles. The minimum absolute atomic E-state index is 0.0270. The van der Waals surface area contributed by atoms with Gasteiger partial charge < -0.3 is 0 Å². The zero-order valence-corrected chi connectivity index (χ0v) is 16.5. The van der Waals surface area contributed by atoms with E-state index in [1.54, 1.807) is 18.3 Å². The van der Waals surface area contributed by atoms with Crippen LogP contribution in [0.25, 0.3) is 10.1 Å². The Balaban J connectivity index is 1.76. The molecule has 0 bridgehead atoms. The van der Waals surface area contributed by atoms with Crippen LogP contribution in [0.4, 0.5) is 0 Å². The van der Waals surface area contributed by atoms with Crippen LogP contribution in [-0.2, 0) is 6.42 Å². The number of carbonyl (C=O) groups is 1. The van der Waals surface area contributed by atoms with E-state index in [4.69, 9.17) is 0 Å². The predicted octanol–water partition coefficient (Wildman–Crippen LogP) is 2.98. The van der Waals surface area contributed by atoms with Crippen LogP contribution in [0.5, 0.6) is 0 Å². The first-order chi connectivity index (χ1) is 12.6. The van der Waals surface area contributed by atoms with E-state index in [0.29, 0.717) is 15.7 Å². The zero-order chi connectivity index (χ0) is 18.3. The molecule has 0 spiro atoms. The van der Waals surface area contributed by atoms with E-state index in [-0.39, 0.29) is 20.5 Å². The topological polar surface area (TPSA) is 86.0 Å². The molecule has 2 aromatic heterocycles. The number of carboxylic acids is 1. The van der Waals surface area contributed by atoms with E-state index in [1.165, 1.54) is 10.4 Å². The van der Waals surface area contributed by atoms with Gasteiger partial charge in [0.15, 0.2) is 0 Å². The van der Waals surface area contributed by atoms with Crippen molar-refractivity contribution in [1.82, 2.24) is 10.3 Å². The summed E-state index contributed by atoms with van der Waals surface area (Å²) in [6, 6.07) is 10.2. The minimum atomic E-state index is -0.908. The molecule has 2 N–H and O–H groups in total. The Morgan fingerprint density at radius 1 is 1.42 bits per heavy atom. The molecule has 1 unspecified atom stereocenters. The van der Waals surface area contributed by atoms with Crippen LogP contribution >= 0.6 is 11.3 Å². The third-order valence-electron chi connectivity index (χ3n) is 4.51. The predicted molar refractivity (Wildman–Crippen MR) is 101 cm³/mol. The van der Waals surface area contributed by atoms with Crippen molar-refractivity contribution in [1.29, 1.82) is 5.26 Å². The molecule has 1 atom stereocenters. The van der Waals surface area contributed by atoms with Gasteiger partial charge in [0.05, 0.1) is 0 Å². The normalized spacial score (nSPS) is 16.1.